The van der Waals surface area contributed by atoms with Crippen LogP contribution < -0.4 is 15.6 Å². The number of benzene rings is 1. The minimum absolute atomic E-state index is 0.110. The van der Waals surface area contributed by atoms with Crippen molar-refractivity contribution in [1.29, 1.82) is 0 Å². The molecule has 1 heterocycles. The number of hydrogen-bond donors (Lipinski definition) is 2. The van der Waals surface area contributed by atoms with Gasteiger partial charge in [0.1, 0.15) is 6.54 Å². The number of rotatable bonds is 6. The molecule has 1 aromatic carbocycles. The van der Waals surface area contributed by atoms with Crippen molar-refractivity contribution < 1.29 is 18.0 Å². The van der Waals surface area contributed by atoms with Gasteiger partial charge in [0.25, 0.3) is 15.6 Å². The molecule has 0 saturated carbocycles. The molecule has 0 bridgehead atoms. The number of aromatic nitrogens is 2. The van der Waals surface area contributed by atoms with E-state index in [4.69, 9.17) is 0 Å². The van der Waals surface area contributed by atoms with Crippen LogP contribution in [-0.2, 0) is 32.6 Å². The average molecular weight is 378 g/mol. The molecule has 0 radical (unpaired) electrons. The Hall–Kier alpha value is -3.01. The molecule has 2 amide bonds. The second-order valence-electron chi connectivity index (χ2n) is 5.43. The van der Waals surface area contributed by atoms with Crippen molar-refractivity contribution in [2.75, 3.05) is 5.32 Å². The normalized spacial score (nSPS) is 11.0. The summed E-state index contributed by atoms with van der Waals surface area (Å²) in [4.78, 5) is 38.8. The Labute approximate surface area is 150 Å². The molecule has 10 heteroatoms. The van der Waals surface area contributed by atoms with Gasteiger partial charge >= 0.3 is 0 Å². The number of hydrogen-bond acceptors (Lipinski definition) is 6. The second-order valence-corrected chi connectivity index (χ2v) is 7.12. The molecule has 0 aliphatic rings. The van der Waals surface area contributed by atoms with E-state index in [-0.39, 0.29) is 17.0 Å². The van der Waals surface area contributed by atoms with Crippen molar-refractivity contribution in [3.63, 3.8) is 0 Å². The molecule has 26 heavy (non-hydrogen) atoms. The first-order valence-electron chi connectivity index (χ1n) is 7.70. The van der Waals surface area contributed by atoms with Gasteiger partial charge < -0.3 is 5.32 Å². The van der Waals surface area contributed by atoms with E-state index in [1.165, 1.54) is 41.2 Å². The summed E-state index contributed by atoms with van der Waals surface area (Å²) < 4.78 is 26.7. The lowest BCUT2D eigenvalue weighted by molar-refractivity contribution is -0.117. The lowest BCUT2D eigenvalue weighted by atomic mass is 10.3. The second kappa shape index (κ2) is 7.91. The standard InChI is InChI=1S/C16H18N4O5S/c1-3-12-8-16(23)20(10-17-12)9-15(22)18-13-4-6-14(7-5-13)26(24,25)19-11(2)21/h4-8,10H,3,9H2,1-2H3,(H,18,22)(H,19,21). The third kappa shape index (κ3) is 4.99. The van der Waals surface area contributed by atoms with Gasteiger partial charge in [-0.05, 0) is 30.7 Å². The number of sulfonamides is 1. The molecular formula is C16H18N4O5S. The Kier molecular flexibility index (Phi) is 5.88. The van der Waals surface area contributed by atoms with E-state index < -0.39 is 21.8 Å². The number of anilines is 1. The van der Waals surface area contributed by atoms with Gasteiger partial charge in [-0.2, -0.15) is 0 Å². The number of carbonyl (C=O) groups is 2. The van der Waals surface area contributed by atoms with E-state index in [0.29, 0.717) is 17.8 Å². The van der Waals surface area contributed by atoms with E-state index in [1.807, 2.05) is 11.6 Å². The molecule has 2 rings (SSSR count). The zero-order chi connectivity index (χ0) is 19.3. The van der Waals surface area contributed by atoms with Gasteiger partial charge in [0.05, 0.1) is 11.2 Å². The molecule has 0 aliphatic heterocycles. The monoisotopic (exact) mass is 378 g/mol. The number of amides is 2. The predicted octanol–water partition coefficient (Wildman–Crippen LogP) is 0.269. The van der Waals surface area contributed by atoms with Crippen LogP contribution in [-0.4, -0.2) is 29.8 Å². The molecule has 2 N–H and O–H groups in total. The van der Waals surface area contributed by atoms with Crippen LogP contribution >= 0.6 is 0 Å². The van der Waals surface area contributed by atoms with Gasteiger partial charge in [-0.1, -0.05) is 6.92 Å². The highest BCUT2D eigenvalue weighted by Gasteiger charge is 2.15. The molecule has 2 aromatic rings. The number of nitrogens with one attached hydrogen (secondary N) is 2. The maximum absolute atomic E-state index is 12.0. The average Bonchev–Trinajstić information content (AvgIpc) is 2.56. The van der Waals surface area contributed by atoms with Crippen LogP contribution in [0.25, 0.3) is 0 Å². The predicted molar refractivity (Wildman–Crippen MR) is 93.9 cm³/mol. The summed E-state index contributed by atoms with van der Waals surface area (Å²) in [6.45, 7) is 2.74. The highest BCUT2D eigenvalue weighted by molar-refractivity contribution is 7.90. The fraction of sp³-hybridized carbons (Fsp3) is 0.250. The summed E-state index contributed by atoms with van der Waals surface area (Å²) in [6.07, 6.45) is 1.93. The van der Waals surface area contributed by atoms with Crippen LogP contribution in [0.15, 0.2) is 46.3 Å². The first-order valence-corrected chi connectivity index (χ1v) is 9.18. The Morgan fingerprint density at radius 1 is 1.19 bits per heavy atom. The fourth-order valence-corrected chi connectivity index (χ4v) is 3.09. The highest BCUT2D eigenvalue weighted by Crippen LogP contribution is 2.14. The summed E-state index contributed by atoms with van der Waals surface area (Å²) >= 11 is 0. The van der Waals surface area contributed by atoms with Gasteiger partial charge in [-0.3, -0.25) is 19.0 Å². The van der Waals surface area contributed by atoms with Crippen molar-refractivity contribution in [3.05, 3.63) is 52.7 Å². The minimum atomic E-state index is -3.93. The largest absolute Gasteiger partial charge is 0.325 e. The van der Waals surface area contributed by atoms with Crippen LogP contribution in [0.1, 0.15) is 19.5 Å². The lowest BCUT2D eigenvalue weighted by Crippen LogP contribution is -2.28. The maximum atomic E-state index is 12.0. The van der Waals surface area contributed by atoms with E-state index >= 15 is 0 Å². The Morgan fingerprint density at radius 3 is 2.38 bits per heavy atom. The van der Waals surface area contributed by atoms with E-state index in [2.05, 4.69) is 10.3 Å². The molecule has 9 nitrogen and oxygen atoms in total. The van der Waals surface area contributed by atoms with Crippen molar-refractivity contribution in [2.45, 2.75) is 31.7 Å². The Morgan fingerprint density at radius 2 is 1.85 bits per heavy atom. The summed E-state index contributed by atoms with van der Waals surface area (Å²) in [5.74, 6) is -1.16. The van der Waals surface area contributed by atoms with Crippen molar-refractivity contribution >= 4 is 27.5 Å². The Bertz CT molecular complexity index is 980. The van der Waals surface area contributed by atoms with Gasteiger partial charge in [0.2, 0.25) is 11.8 Å². The zero-order valence-corrected chi connectivity index (χ0v) is 15.0. The van der Waals surface area contributed by atoms with Gasteiger partial charge in [-0.25, -0.2) is 18.1 Å². The smallest absolute Gasteiger partial charge is 0.264 e. The van der Waals surface area contributed by atoms with Gasteiger partial charge in [0, 0.05) is 24.4 Å². The van der Waals surface area contributed by atoms with E-state index in [0.717, 1.165) is 6.92 Å². The summed E-state index contributed by atoms with van der Waals surface area (Å²) in [6, 6.07) is 6.64. The first-order chi connectivity index (χ1) is 12.2. The molecule has 0 unspecified atom stereocenters. The number of aryl methyl sites for hydroxylation is 1. The van der Waals surface area contributed by atoms with E-state index in [9.17, 15) is 22.8 Å². The van der Waals surface area contributed by atoms with Crippen molar-refractivity contribution in [2.24, 2.45) is 0 Å². The van der Waals surface area contributed by atoms with Crippen LogP contribution in [0, 0.1) is 0 Å². The minimum Gasteiger partial charge on any atom is -0.325 e. The molecule has 0 spiro atoms. The number of nitrogens with zero attached hydrogens (tertiary/aromatic N) is 2. The molecule has 138 valence electrons. The van der Waals surface area contributed by atoms with Gasteiger partial charge in [0.15, 0.2) is 0 Å². The Balaban J connectivity index is 2.06. The lowest BCUT2D eigenvalue weighted by Gasteiger charge is -2.09. The molecule has 0 saturated heterocycles. The summed E-state index contributed by atoms with van der Waals surface area (Å²) in [7, 11) is -3.93. The topological polar surface area (TPSA) is 127 Å². The zero-order valence-electron chi connectivity index (χ0n) is 14.2. The first kappa shape index (κ1) is 19.3. The highest BCUT2D eigenvalue weighted by atomic mass is 32.2. The summed E-state index contributed by atoms with van der Waals surface area (Å²) in [5, 5.41) is 2.56. The van der Waals surface area contributed by atoms with Crippen molar-refractivity contribution in [1.82, 2.24) is 14.3 Å². The summed E-state index contributed by atoms with van der Waals surface area (Å²) in [5.41, 5.74) is 0.661. The van der Waals surface area contributed by atoms with Crippen LogP contribution in [0.2, 0.25) is 0 Å². The van der Waals surface area contributed by atoms with Crippen LogP contribution in [0.5, 0.6) is 0 Å². The fourth-order valence-electron chi connectivity index (χ4n) is 2.10. The van der Waals surface area contributed by atoms with Gasteiger partial charge in [-0.15, -0.1) is 0 Å². The van der Waals surface area contributed by atoms with Crippen LogP contribution in [0.4, 0.5) is 5.69 Å². The molecule has 1 aromatic heterocycles. The third-order valence-electron chi connectivity index (χ3n) is 3.34. The van der Waals surface area contributed by atoms with Crippen molar-refractivity contribution in [3.8, 4) is 0 Å². The van der Waals surface area contributed by atoms with Crippen LogP contribution in [0.3, 0.4) is 0 Å². The maximum Gasteiger partial charge on any atom is 0.264 e. The SMILES string of the molecule is CCc1cc(=O)n(CC(=O)Nc2ccc(S(=O)(=O)NC(C)=O)cc2)cn1. The quantitative estimate of drug-likeness (QED) is 0.743. The van der Waals surface area contributed by atoms with E-state index in [1.54, 1.807) is 0 Å². The molecule has 0 fully saturated rings. The molecular weight excluding hydrogens is 360 g/mol. The molecule has 0 aliphatic carbocycles. The molecule has 0 atom stereocenters. The third-order valence-corrected chi connectivity index (χ3v) is 4.79. The number of carbonyl (C=O) groups excluding carboxylic acids is 2.